The Labute approximate surface area is 177 Å². The molecule has 0 atom stereocenters. The highest BCUT2D eigenvalue weighted by Gasteiger charge is 2.31. The van der Waals surface area contributed by atoms with Crippen LogP contribution in [0.1, 0.15) is 53.7 Å². The molecule has 1 heterocycles. The SMILES string of the molecule is CC(=O)Oc1c(C)n(C(=O)c2ccc(Cl)c(Cl)c2)c2ccc(O)c(C3CCC3)c12. The summed E-state index contributed by atoms with van der Waals surface area (Å²) in [5, 5.41) is 11.8. The molecule has 3 aromatic rings. The molecule has 29 heavy (non-hydrogen) atoms. The fourth-order valence-electron chi connectivity index (χ4n) is 3.88. The molecule has 1 fully saturated rings. The maximum absolute atomic E-state index is 13.4. The molecule has 150 valence electrons. The lowest BCUT2D eigenvalue weighted by Crippen LogP contribution is -2.14. The fourth-order valence-corrected chi connectivity index (χ4v) is 4.18. The number of benzene rings is 2. The Hall–Kier alpha value is -2.50. The van der Waals surface area contributed by atoms with Crippen LogP contribution in [0, 0.1) is 6.92 Å². The number of carbonyl (C=O) groups excluding carboxylic acids is 2. The standard InChI is InChI=1S/C22H19Cl2NO4/c1-11-21(29-12(2)26)20-17(8-9-18(27)19(20)13-4-3-5-13)25(11)22(28)14-6-7-15(23)16(24)10-14/h6-10,13,27H,3-5H2,1-2H3. The van der Waals surface area contributed by atoms with Gasteiger partial charge < -0.3 is 9.84 Å². The Morgan fingerprint density at radius 3 is 2.45 bits per heavy atom. The molecular formula is C22H19Cl2NO4. The van der Waals surface area contributed by atoms with Gasteiger partial charge in [-0.05, 0) is 56.0 Å². The number of aromatic nitrogens is 1. The third-order valence-corrected chi connectivity index (χ3v) is 6.20. The molecule has 0 spiro atoms. The molecule has 1 aliphatic rings. The van der Waals surface area contributed by atoms with Crippen LogP contribution in [-0.2, 0) is 4.79 Å². The molecule has 0 bridgehead atoms. The quantitative estimate of drug-likeness (QED) is 0.528. The monoisotopic (exact) mass is 431 g/mol. The summed E-state index contributed by atoms with van der Waals surface area (Å²) in [6, 6.07) is 7.93. The van der Waals surface area contributed by atoms with Crippen molar-refractivity contribution in [2.75, 3.05) is 0 Å². The van der Waals surface area contributed by atoms with Gasteiger partial charge in [-0.15, -0.1) is 0 Å². The molecule has 0 amide bonds. The predicted molar refractivity (Wildman–Crippen MR) is 112 cm³/mol. The number of aromatic hydroxyl groups is 1. The van der Waals surface area contributed by atoms with Gasteiger partial charge in [0, 0.05) is 18.1 Å². The highest BCUT2D eigenvalue weighted by atomic mass is 35.5. The lowest BCUT2D eigenvalue weighted by molar-refractivity contribution is -0.131. The van der Waals surface area contributed by atoms with E-state index in [1.807, 2.05) is 0 Å². The van der Waals surface area contributed by atoms with E-state index in [0.29, 0.717) is 32.9 Å². The van der Waals surface area contributed by atoms with Crippen molar-refractivity contribution in [1.82, 2.24) is 4.57 Å². The first kappa shape index (κ1) is 19.8. The van der Waals surface area contributed by atoms with Gasteiger partial charge in [0.25, 0.3) is 5.91 Å². The molecule has 0 aliphatic heterocycles. The number of hydrogen-bond acceptors (Lipinski definition) is 4. The molecule has 4 rings (SSSR count). The maximum atomic E-state index is 13.4. The van der Waals surface area contributed by atoms with Crippen molar-refractivity contribution in [3.63, 3.8) is 0 Å². The van der Waals surface area contributed by atoms with Gasteiger partial charge >= 0.3 is 5.97 Å². The van der Waals surface area contributed by atoms with Crippen molar-refractivity contribution in [2.24, 2.45) is 0 Å². The van der Waals surface area contributed by atoms with Gasteiger partial charge in [0.1, 0.15) is 5.75 Å². The third-order valence-electron chi connectivity index (χ3n) is 5.46. The van der Waals surface area contributed by atoms with Crippen LogP contribution in [0.4, 0.5) is 0 Å². The van der Waals surface area contributed by atoms with Gasteiger partial charge in [-0.1, -0.05) is 29.6 Å². The van der Waals surface area contributed by atoms with Crippen molar-refractivity contribution in [2.45, 2.75) is 39.0 Å². The van der Waals surface area contributed by atoms with E-state index < -0.39 is 5.97 Å². The Bertz CT molecular complexity index is 1160. The van der Waals surface area contributed by atoms with Crippen LogP contribution in [0.25, 0.3) is 10.9 Å². The normalized spacial score (nSPS) is 14.1. The van der Waals surface area contributed by atoms with E-state index >= 15 is 0 Å². The van der Waals surface area contributed by atoms with Crippen molar-refractivity contribution in [3.05, 3.63) is 57.2 Å². The third kappa shape index (κ3) is 3.28. The minimum absolute atomic E-state index is 0.148. The van der Waals surface area contributed by atoms with Crippen molar-refractivity contribution in [3.8, 4) is 11.5 Å². The first-order valence-electron chi connectivity index (χ1n) is 9.34. The summed E-state index contributed by atoms with van der Waals surface area (Å²) >= 11 is 12.1. The molecule has 1 aliphatic carbocycles. The van der Waals surface area contributed by atoms with E-state index in [2.05, 4.69) is 0 Å². The Kier molecular flexibility index (Phi) is 5.05. The summed E-state index contributed by atoms with van der Waals surface area (Å²) in [5.74, 6) is -0.191. The number of carbonyl (C=O) groups is 2. The fraction of sp³-hybridized carbons (Fsp3) is 0.273. The number of nitrogens with zero attached hydrogens (tertiary/aromatic N) is 1. The molecule has 1 saturated carbocycles. The number of phenols is 1. The van der Waals surface area contributed by atoms with Crippen LogP contribution in [0.3, 0.4) is 0 Å². The molecule has 0 unspecified atom stereocenters. The number of esters is 1. The summed E-state index contributed by atoms with van der Waals surface area (Å²) in [4.78, 5) is 25.1. The highest BCUT2D eigenvalue weighted by molar-refractivity contribution is 6.42. The molecule has 5 nitrogen and oxygen atoms in total. The average Bonchev–Trinajstić information content (AvgIpc) is 2.89. The van der Waals surface area contributed by atoms with Gasteiger partial charge in [0.2, 0.25) is 0 Å². The summed E-state index contributed by atoms with van der Waals surface area (Å²) in [6.45, 7) is 3.03. The van der Waals surface area contributed by atoms with Gasteiger partial charge in [-0.25, -0.2) is 0 Å². The van der Waals surface area contributed by atoms with Crippen LogP contribution in [-0.4, -0.2) is 21.6 Å². The van der Waals surface area contributed by atoms with Gasteiger partial charge in [-0.2, -0.15) is 0 Å². The average molecular weight is 432 g/mol. The van der Waals surface area contributed by atoms with Gasteiger partial charge in [0.05, 0.1) is 26.6 Å². The second kappa shape index (κ2) is 7.39. The molecule has 0 saturated heterocycles. The minimum Gasteiger partial charge on any atom is -0.508 e. The first-order chi connectivity index (χ1) is 13.8. The number of fused-ring (bicyclic) bond motifs is 1. The molecule has 1 aromatic heterocycles. The molecule has 7 heteroatoms. The largest absolute Gasteiger partial charge is 0.508 e. The molecule has 0 radical (unpaired) electrons. The second-order valence-electron chi connectivity index (χ2n) is 7.30. The lowest BCUT2D eigenvalue weighted by atomic mass is 9.78. The van der Waals surface area contributed by atoms with E-state index in [0.717, 1.165) is 24.8 Å². The molecule has 1 N–H and O–H groups in total. The highest BCUT2D eigenvalue weighted by Crippen LogP contribution is 2.48. The number of halogens is 2. The molecule has 2 aromatic carbocycles. The maximum Gasteiger partial charge on any atom is 0.308 e. The first-order valence-corrected chi connectivity index (χ1v) is 10.1. The van der Waals surface area contributed by atoms with E-state index in [1.54, 1.807) is 31.2 Å². The van der Waals surface area contributed by atoms with Crippen LogP contribution in [0.2, 0.25) is 10.0 Å². The van der Waals surface area contributed by atoms with Crippen LogP contribution >= 0.6 is 23.2 Å². The Morgan fingerprint density at radius 2 is 1.86 bits per heavy atom. The van der Waals surface area contributed by atoms with E-state index in [-0.39, 0.29) is 22.6 Å². The number of hydrogen-bond donors (Lipinski definition) is 1. The van der Waals surface area contributed by atoms with Crippen molar-refractivity contribution in [1.29, 1.82) is 0 Å². The van der Waals surface area contributed by atoms with Crippen LogP contribution in [0.15, 0.2) is 30.3 Å². The predicted octanol–water partition coefficient (Wildman–Crippen LogP) is 5.84. The Morgan fingerprint density at radius 1 is 1.14 bits per heavy atom. The Balaban J connectivity index is 1.99. The number of phenolic OH excluding ortho intramolecular Hbond substituents is 1. The van der Waals surface area contributed by atoms with Crippen molar-refractivity contribution < 1.29 is 19.4 Å². The number of ether oxygens (including phenoxy) is 1. The van der Waals surface area contributed by atoms with E-state index in [4.69, 9.17) is 27.9 Å². The summed E-state index contributed by atoms with van der Waals surface area (Å²) in [7, 11) is 0. The van der Waals surface area contributed by atoms with Gasteiger partial charge in [-0.3, -0.25) is 14.2 Å². The van der Waals surface area contributed by atoms with E-state index in [9.17, 15) is 14.7 Å². The summed E-state index contributed by atoms with van der Waals surface area (Å²) in [6.07, 6.45) is 2.96. The summed E-state index contributed by atoms with van der Waals surface area (Å²) < 4.78 is 7.01. The zero-order chi connectivity index (χ0) is 20.9. The van der Waals surface area contributed by atoms with Crippen LogP contribution < -0.4 is 4.74 Å². The smallest absolute Gasteiger partial charge is 0.308 e. The number of rotatable bonds is 3. The van der Waals surface area contributed by atoms with Crippen LogP contribution in [0.5, 0.6) is 11.5 Å². The minimum atomic E-state index is -0.489. The lowest BCUT2D eigenvalue weighted by Gasteiger charge is -2.27. The zero-order valence-electron chi connectivity index (χ0n) is 16.0. The summed E-state index contributed by atoms with van der Waals surface area (Å²) in [5.41, 5.74) is 2.15. The zero-order valence-corrected chi connectivity index (χ0v) is 17.5. The van der Waals surface area contributed by atoms with E-state index in [1.165, 1.54) is 17.6 Å². The topological polar surface area (TPSA) is 68.5 Å². The van der Waals surface area contributed by atoms with Crippen molar-refractivity contribution >= 4 is 46.0 Å². The molecular weight excluding hydrogens is 413 g/mol. The van der Waals surface area contributed by atoms with Gasteiger partial charge in [0.15, 0.2) is 5.75 Å². The second-order valence-corrected chi connectivity index (χ2v) is 8.11.